The van der Waals surface area contributed by atoms with Crippen molar-refractivity contribution in [1.82, 2.24) is 0 Å². The lowest BCUT2D eigenvalue weighted by Crippen LogP contribution is -2.28. The smallest absolute Gasteiger partial charge is 0.306 e. The molecule has 0 spiro atoms. The number of hydrogen-bond acceptors (Lipinski definition) is 5. The van der Waals surface area contributed by atoms with Gasteiger partial charge < -0.3 is 14.6 Å². The highest BCUT2D eigenvalue weighted by Gasteiger charge is 2.16. The van der Waals surface area contributed by atoms with Crippen molar-refractivity contribution in [3.63, 3.8) is 0 Å². The van der Waals surface area contributed by atoms with Gasteiger partial charge in [-0.05, 0) is 109 Å². The van der Waals surface area contributed by atoms with Crippen molar-refractivity contribution in [2.45, 2.75) is 328 Å². The van der Waals surface area contributed by atoms with Crippen LogP contribution in [0.4, 0.5) is 0 Å². The van der Waals surface area contributed by atoms with Gasteiger partial charge in [0.2, 0.25) is 0 Å². The largest absolute Gasteiger partial charge is 0.462 e. The molecule has 1 unspecified atom stereocenters. The summed E-state index contributed by atoms with van der Waals surface area (Å²) in [5.41, 5.74) is 0. The second kappa shape index (κ2) is 69.6. The summed E-state index contributed by atoms with van der Waals surface area (Å²) < 4.78 is 10.8. The number of allylic oxidation sites excluding steroid dienone is 20. The summed E-state index contributed by atoms with van der Waals surface area (Å²) in [4.78, 5) is 24.6. The van der Waals surface area contributed by atoms with Gasteiger partial charge in [0.1, 0.15) is 6.61 Å². The molecule has 0 rings (SSSR count). The predicted octanol–water partition coefficient (Wildman–Crippen LogP) is 23.8. The molecule has 0 saturated carbocycles. The minimum Gasteiger partial charge on any atom is -0.462 e. The second-order valence-corrected chi connectivity index (χ2v) is 22.5. The molecule has 0 aromatic heterocycles. The first-order valence-corrected chi connectivity index (χ1v) is 34.1. The fraction of sp³-hybridized carbons (Fsp3) is 0.707. The molecule has 0 aliphatic heterocycles. The lowest BCUT2D eigenvalue weighted by molar-refractivity contribution is -0.161. The van der Waals surface area contributed by atoms with E-state index in [-0.39, 0.29) is 25.2 Å². The summed E-state index contributed by atoms with van der Waals surface area (Å²) >= 11 is 0. The van der Waals surface area contributed by atoms with Gasteiger partial charge in [-0.3, -0.25) is 9.59 Å². The number of unbranched alkanes of at least 4 members (excludes halogenated alkanes) is 34. The van der Waals surface area contributed by atoms with Crippen molar-refractivity contribution in [3.8, 4) is 0 Å². The van der Waals surface area contributed by atoms with Gasteiger partial charge in [0, 0.05) is 12.8 Å². The Balaban J connectivity index is 3.48. The SMILES string of the molecule is CC/C=C\C/C=C\C/C=C\C/C=C\C/C=C\C/C=C\C/C=C\CCCCCCCCCCCCCCCCCCCC(=O)OC(CO)COC(=O)CCCCCCCCCCCCCC/C=C\C/C=C\C/C=C\CCCCCCC. The number of carbonyl (C=O) groups excluding carboxylic acids is 2. The quantitative estimate of drug-likeness (QED) is 0.0373. The maximum Gasteiger partial charge on any atom is 0.306 e. The zero-order chi connectivity index (χ0) is 57.6. The first kappa shape index (κ1) is 76.3. The Morgan fingerprint density at radius 1 is 0.300 bits per heavy atom. The van der Waals surface area contributed by atoms with E-state index in [2.05, 4.69) is 135 Å². The Labute approximate surface area is 496 Å². The normalized spacial score (nSPS) is 13.0. The molecule has 0 aliphatic carbocycles. The molecular formula is C75H128O5. The summed E-state index contributed by atoms with van der Waals surface area (Å²) in [6, 6.07) is 0. The number of hydrogen-bond donors (Lipinski definition) is 1. The molecule has 0 aromatic carbocycles. The molecule has 80 heavy (non-hydrogen) atoms. The van der Waals surface area contributed by atoms with Crippen LogP contribution in [0.25, 0.3) is 0 Å². The van der Waals surface area contributed by atoms with Crippen molar-refractivity contribution in [2.75, 3.05) is 13.2 Å². The Hall–Kier alpha value is -3.70. The molecule has 0 saturated heterocycles. The summed E-state index contributed by atoms with van der Waals surface area (Å²) in [6.45, 7) is 4.04. The Morgan fingerprint density at radius 2 is 0.537 bits per heavy atom. The van der Waals surface area contributed by atoms with Crippen LogP contribution in [-0.2, 0) is 19.1 Å². The standard InChI is InChI=1S/C75H128O5/c1-3-5-7-9-11-13-15-17-19-21-23-25-27-29-31-32-33-34-35-36-37-38-39-40-41-42-44-46-48-50-52-54-56-58-60-62-64-66-68-70-75(78)80-73(71-76)72-79-74(77)69-67-65-63-61-59-57-55-53-51-49-47-45-43-30-28-26-24-22-20-18-16-14-12-10-8-6-4-2/h5,7,11,13,16-19,22-25,28-31,33-34,36-37,73,76H,3-4,6,8-10,12,14-15,20-21,26-27,32,35,38-72H2,1-2H3/b7-5-,13-11-,18-16-,19-17-,24-22-,25-23-,30-28-,31-29-,34-33-,37-36-. The van der Waals surface area contributed by atoms with E-state index in [1.807, 2.05) is 0 Å². The fourth-order valence-electron chi connectivity index (χ4n) is 9.66. The van der Waals surface area contributed by atoms with Gasteiger partial charge >= 0.3 is 11.9 Å². The average molecular weight is 1110 g/mol. The van der Waals surface area contributed by atoms with Crippen molar-refractivity contribution in [1.29, 1.82) is 0 Å². The number of ether oxygens (including phenoxy) is 2. The molecule has 0 heterocycles. The average Bonchev–Trinajstić information content (AvgIpc) is 3.46. The Kier molecular flexibility index (Phi) is 66.4. The molecule has 0 fully saturated rings. The van der Waals surface area contributed by atoms with Crippen LogP contribution in [0.15, 0.2) is 122 Å². The van der Waals surface area contributed by atoms with Crippen LogP contribution in [0.5, 0.6) is 0 Å². The number of rotatable bonds is 62. The third-order valence-corrected chi connectivity index (χ3v) is 14.7. The molecule has 0 aromatic rings. The molecule has 0 radical (unpaired) electrons. The number of aliphatic hydroxyl groups excluding tert-OH is 1. The molecule has 0 amide bonds. The molecule has 1 N–H and O–H groups in total. The summed E-state index contributed by atoms with van der Waals surface area (Å²) in [7, 11) is 0. The number of carbonyl (C=O) groups is 2. The van der Waals surface area contributed by atoms with E-state index in [4.69, 9.17) is 9.47 Å². The van der Waals surface area contributed by atoms with E-state index in [0.717, 1.165) is 96.3 Å². The molecule has 1 atom stereocenters. The van der Waals surface area contributed by atoms with Crippen LogP contribution >= 0.6 is 0 Å². The van der Waals surface area contributed by atoms with Crippen LogP contribution < -0.4 is 0 Å². The highest BCUT2D eigenvalue weighted by atomic mass is 16.6. The Bertz CT molecular complexity index is 1590. The van der Waals surface area contributed by atoms with E-state index in [1.54, 1.807) is 0 Å². The fourth-order valence-corrected chi connectivity index (χ4v) is 9.66. The van der Waals surface area contributed by atoms with E-state index in [1.165, 1.54) is 199 Å². The maximum atomic E-state index is 12.4. The molecular weight excluding hydrogens is 981 g/mol. The predicted molar refractivity (Wildman–Crippen MR) is 352 cm³/mol. The van der Waals surface area contributed by atoms with Gasteiger partial charge in [-0.1, -0.05) is 322 Å². The van der Waals surface area contributed by atoms with E-state index in [0.29, 0.717) is 12.8 Å². The van der Waals surface area contributed by atoms with E-state index < -0.39 is 6.10 Å². The van der Waals surface area contributed by atoms with Gasteiger partial charge in [0.15, 0.2) is 6.10 Å². The van der Waals surface area contributed by atoms with Crippen molar-refractivity contribution < 1.29 is 24.2 Å². The lowest BCUT2D eigenvalue weighted by atomic mass is 10.0. The monoisotopic (exact) mass is 1110 g/mol. The zero-order valence-electron chi connectivity index (χ0n) is 52.6. The third kappa shape index (κ3) is 66.8. The molecule has 458 valence electrons. The van der Waals surface area contributed by atoms with E-state index >= 15 is 0 Å². The van der Waals surface area contributed by atoms with Crippen molar-refractivity contribution >= 4 is 11.9 Å². The van der Waals surface area contributed by atoms with Gasteiger partial charge in [0.05, 0.1) is 6.61 Å². The van der Waals surface area contributed by atoms with Gasteiger partial charge in [-0.25, -0.2) is 0 Å². The third-order valence-electron chi connectivity index (χ3n) is 14.7. The summed E-state index contributed by atoms with van der Waals surface area (Å²) in [5.74, 6) is -0.585. The van der Waals surface area contributed by atoms with Crippen LogP contribution in [-0.4, -0.2) is 36.4 Å². The highest BCUT2D eigenvalue weighted by molar-refractivity contribution is 5.70. The molecule has 5 heteroatoms. The number of esters is 2. The minimum atomic E-state index is -0.779. The van der Waals surface area contributed by atoms with Crippen LogP contribution in [0, 0.1) is 0 Å². The summed E-state index contributed by atoms with van der Waals surface area (Å²) in [6.07, 6.45) is 102. The van der Waals surface area contributed by atoms with Crippen LogP contribution in [0.2, 0.25) is 0 Å². The van der Waals surface area contributed by atoms with Gasteiger partial charge in [0.25, 0.3) is 0 Å². The van der Waals surface area contributed by atoms with E-state index in [9.17, 15) is 14.7 Å². The topological polar surface area (TPSA) is 72.8 Å². The lowest BCUT2D eigenvalue weighted by Gasteiger charge is -2.15. The first-order valence-electron chi connectivity index (χ1n) is 34.1. The molecule has 0 aliphatic rings. The van der Waals surface area contributed by atoms with Gasteiger partial charge in [-0.2, -0.15) is 0 Å². The molecule has 0 bridgehead atoms. The molecule has 5 nitrogen and oxygen atoms in total. The van der Waals surface area contributed by atoms with Crippen LogP contribution in [0.3, 0.4) is 0 Å². The number of aliphatic hydroxyl groups is 1. The highest BCUT2D eigenvalue weighted by Crippen LogP contribution is 2.17. The summed E-state index contributed by atoms with van der Waals surface area (Å²) in [5, 5.41) is 9.70. The van der Waals surface area contributed by atoms with Gasteiger partial charge in [-0.15, -0.1) is 0 Å². The van der Waals surface area contributed by atoms with Crippen molar-refractivity contribution in [2.24, 2.45) is 0 Å². The first-order chi connectivity index (χ1) is 39.6. The minimum absolute atomic E-state index is 0.0689. The second-order valence-electron chi connectivity index (χ2n) is 22.5. The van der Waals surface area contributed by atoms with Crippen LogP contribution in [0.1, 0.15) is 322 Å². The maximum absolute atomic E-state index is 12.4. The Morgan fingerprint density at radius 3 is 0.812 bits per heavy atom. The van der Waals surface area contributed by atoms with Crippen molar-refractivity contribution in [3.05, 3.63) is 122 Å². The zero-order valence-corrected chi connectivity index (χ0v) is 52.6.